The third kappa shape index (κ3) is 3.84. The Kier molecular flexibility index (Phi) is 4.71. The lowest BCUT2D eigenvalue weighted by molar-refractivity contribution is 0.245. The van der Waals surface area contributed by atoms with E-state index < -0.39 is 0 Å². The normalized spacial score (nSPS) is 16.4. The van der Waals surface area contributed by atoms with Gasteiger partial charge in [0.15, 0.2) is 5.89 Å². The summed E-state index contributed by atoms with van der Waals surface area (Å²) in [5.74, 6) is 2.12. The SMILES string of the molecule is COc1ccnc(N2CCN(Cc3coc(C(C)(C)C)n3)CC2)n1. The zero-order chi connectivity index (χ0) is 17.2. The number of ether oxygens (including phenoxy) is 1. The highest BCUT2D eigenvalue weighted by molar-refractivity contribution is 5.32. The van der Waals surface area contributed by atoms with Gasteiger partial charge in [0.1, 0.15) is 6.26 Å². The molecule has 0 amide bonds. The smallest absolute Gasteiger partial charge is 0.228 e. The molecule has 1 saturated heterocycles. The molecule has 24 heavy (non-hydrogen) atoms. The molecule has 2 aromatic rings. The molecule has 1 aliphatic heterocycles. The second-order valence-electron chi connectivity index (χ2n) is 7.06. The van der Waals surface area contributed by atoms with Crippen molar-refractivity contribution in [3.8, 4) is 5.88 Å². The fourth-order valence-corrected chi connectivity index (χ4v) is 2.66. The van der Waals surface area contributed by atoms with Crippen molar-refractivity contribution in [2.75, 3.05) is 38.2 Å². The van der Waals surface area contributed by atoms with Crippen LogP contribution in [0.15, 0.2) is 22.9 Å². The van der Waals surface area contributed by atoms with Crippen molar-refractivity contribution in [2.24, 2.45) is 0 Å². The fraction of sp³-hybridized carbons (Fsp3) is 0.588. The van der Waals surface area contributed by atoms with Crippen LogP contribution in [0.4, 0.5) is 5.95 Å². The molecular formula is C17H25N5O2. The van der Waals surface area contributed by atoms with Gasteiger partial charge in [0.2, 0.25) is 11.8 Å². The summed E-state index contributed by atoms with van der Waals surface area (Å²) in [5.41, 5.74) is 0.937. The van der Waals surface area contributed by atoms with Gasteiger partial charge in [-0.15, -0.1) is 0 Å². The zero-order valence-electron chi connectivity index (χ0n) is 14.8. The molecule has 0 atom stereocenters. The van der Waals surface area contributed by atoms with Crippen LogP contribution in [0.5, 0.6) is 5.88 Å². The first-order valence-electron chi connectivity index (χ1n) is 8.25. The number of hydrogen-bond donors (Lipinski definition) is 0. The molecule has 3 heterocycles. The van der Waals surface area contributed by atoms with Gasteiger partial charge in [-0.3, -0.25) is 4.90 Å². The van der Waals surface area contributed by atoms with Gasteiger partial charge in [0.25, 0.3) is 0 Å². The molecule has 0 saturated carbocycles. The summed E-state index contributed by atoms with van der Waals surface area (Å²) in [6.07, 6.45) is 3.51. The minimum absolute atomic E-state index is 0.0549. The van der Waals surface area contributed by atoms with Crippen molar-refractivity contribution >= 4 is 5.95 Å². The number of methoxy groups -OCH3 is 1. The minimum Gasteiger partial charge on any atom is -0.481 e. The van der Waals surface area contributed by atoms with Crippen LogP contribution in [0.3, 0.4) is 0 Å². The van der Waals surface area contributed by atoms with Gasteiger partial charge in [-0.2, -0.15) is 4.98 Å². The monoisotopic (exact) mass is 331 g/mol. The molecule has 3 rings (SSSR count). The standard InChI is InChI=1S/C17H25N5O2/c1-17(2,3)15-19-13(12-24-15)11-21-7-9-22(10-8-21)16-18-6-5-14(20-16)23-4/h5-6,12H,7-11H2,1-4H3. The highest BCUT2D eigenvalue weighted by atomic mass is 16.5. The Bertz CT molecular complexity index is 672. The van der Waals surface area contributed by atoms with Gasteiger partial charge in [0.05, 0.1) is 12.8 Å². The number of oxazole rings is 1. The van der Waals surface area contributed by atoms with E-state index in [4.69, 9.17) is 9.15 Å². The predicted molar refractivity (Wildman–Crippen MR) is 91.3 cm³/mol. The Labute approximate surface area is 142 Å². The number of hydrogen-bond acceptors (Lipinski definition) is 7. The van der Waals surface area contributed by atoms with Gasteiger partial charge in [-0.25, -0.2) is 9.97 Å². The molecule has 7 heteroatoms. The molecule has 0 radical (unpaired) electrons. The minimum atomic E-state index is -0.0549. The van der Waals surface area contributed by atoms with E-state index in [1.165, 1.54) is 0 Å². The molecule has 1 fully saturated rings. The van der Waals surface area contributed by atoms with E-state index in [2.05, 4.69) is 45.5 Å². The summed E-state index contributed by atoms with van der Waals surface area (Å²) in [4.78, 5) is 17.9. The maximum Gasteiger partial charge on any atom is 0.228 e. The lowest BCUT2D eigenvalue weighted by atomic mass is 9.97. The van der Waals surface area contributed by atoms with Crippen LogP contribution < -0.4 is 9.64 Å². The van der Waals surface area contributed by atoms with Crippen molar-refractivity contribution in [2.45, 2.75) is 32.7 Å². The summed E-state index contributed by atoms with van der Waals surface area (Å²) in [6.45, 7) is 10.8. The third-order valence-electron chi connectivity index (χ3n) is 4.06. The summed E-state index contributed by atoms with van der Waals surface area (Å²) < 4.78 is 10.8. The molecule has 0 aliphatic carbocycles. The summed E-state index contributed by atoms with van der Waals surface area (Å²) in [6, 6.07) is 1.76. The molecule has 0 aromatic carbocycles. The number of aromatic nitrogens is 3. The third-order valence-corrected chi connectivity index (χ3v) is 4.06. The first-order chi connectivity index (χ1) is 11.5. The average Bonchev–Trinajstić information content (AvgIpc) is 3.04. The Balaban J connectivity index is 1.56. The second-order valence-corrected chi connectivity index (χ2v) is 7.06. The van der Waals surface area contributed by atoms with Crippen LogP contribution in [0.1, 0.15) is 32.4 Å². The molecule has 1 aliphatic rings. The fourth-order valence-electron chi connectivity index (χ4n) is 2.66. The van der Waals surface area contributed by atoms with E-state index in [0.29, 0.717) is 5.88 Å². The van der Waals surface area contributed by atoms with E-state index in [9.17, 15) is 0 Å². The first kappa shape index (κ1) is 16.7. The molecule has 7 nitrogen and oxygen atoms in total. The van der Waals surface area contributed by atoms with Gasteiger partial charge in [-0.05, 0) is 0 Å². The zero-order valence-corrected chi connectivity index (χ0v) is 14.8. The largest absolute Gasteiger partial charge is 0.481 e. The van der Waals surface area contributed by atoms with Crippen molar-refractivity contribution in [1.29, 1.82) is 0 Å². The Hall–Kier alpha value is -2.15. The summed E-state index contributed by atoms with van der Waals surface area (Å²) in [7, 11) is 1.62. The maximum absolute atomic E-state index is 5.60. The maximum atomic E-state index is 5.60. The molecule has 130 valence electrons. The van der Waals surface area contributed by atoms with Gasteiger partial charge in [0, 0.05) is 50.4 Å². The van der Waals surface area contributed by atoms with Gasteiger partial charge in [-0.1, -0.05) is 20.8 Å². The van der Waals surface area contributed by atoms with Crippen LogP contribution in [-0.2, 0) is 12.0 Å². The summed E-state index contributed by atoms with van der Waals surface area (Å²) >= 11 is 0. The topological polar surface area (TPSA) is 67.5 Å². The van der Waals surface area contributed by atoms with Crippen molar-refractivity contribution in [3.05, 3.63) is 30.1 Å². The van der Waals surface area contributed by atoms with E-state index in [1.807, 2.05) is 0 Å². The van der Waals surface area contributed by atoms with E-state index in [1.54, 1.807) is 25.6 Å². The Morgan fingerprint density at radius 2 is 1.92 bits per heavy atom. The number of nitrogens with zero attached hydrogens (tertiary/aromatic N) is 5. The van der Waals surface area contributed by atoms with E-state index in [-0.39, 0.29) is 5.41 Å². The van der Waals surface area contributed by atoms with Crippen molar-refractivity contribution in [3.63, 3.8) is 0 Å². The van der Waals surface area contributed by atoms with Gasteiger partial charge >= 0.3 is 0 Å². The van der Waals surface area contributed by atoms with Crippen LogP contribution in [0.25, 0.3) is 0 Å². The number of rotatable bonds is 4. The highest BCUT2D eigenvalue weighted by Crippen LogP contribution is 2.22. The number of anilines is 1. The molecular weight excluding hydrogens is 306 g/mol. The lowest BCUT2D eigenvalue weighted by Crippen LogP contribution is -2.46. The lowest BCUT2D eigenvalue weighted by Gasteiger charge is -2.34. The second kappa shape index (κ2) is 6.76. The Morgan fingerprint density at radius 1 is 1.17 bits per heavy atom. The quantitative estimate of drug-likeness (QED) is 0.850. The van der Waals surface area contributed by atoms with Crippen LogP contribution in [0.2, 0.25) is 0 Å². The van der Waals surface area contributed by atoms with Crippen LogP contribution in [0, 0.1) is 0 Å². The van der Waals surface area contributed by atoms with E-state index >= 15 is 0 Å². The Morgan fingerprint density at radius 3 is 2.54 bits per heavy atom. The average molecular weight is 331 g/mol. The van der Waals surface area contributed by atoms with Gasteiger partial charge < -0.3 is 14.1 Å². The van der Waals surface area contributed by atoms with E-state index in [0.717, 1.165) is 50.3 Å². The highest BCUT2D eigenvalue weighted by Gasteiger charge is 2.23. The van der Waals surface area contributed by atoms with Crippen molar-refractivity contribution in [1.82, 2.24) is 19.9 Å². The van der Waals surface area contributed by atoms with Crippen LogP contribution in [-0.4, -0.2) is 53.1 Å². The molecule has 0 bridgehead atoms. The molecule has 0 spiro atoms. The molecule has 2 aromatic heterocycles. The molecule has 0 unspecified atom stereocenters. The summed E-state index contributed by atoms with van der Waals surface area (Å²) in [5, 5.41) is 0. The first-order valence-corrected chi connectivity index (χ1v) is 8.25. The number of piperazine rings is 1. The van der Waals surface area contributed by atoms with Crippen LogP contribution >= 0.6 is 0 Å². The predicted octanol–water partition coefficient (Wildman–Crippen LogP) is 2.09. The van der Waals surface area contributed by atoms with Crippen molar-refractivity contribution < 1.29 is 9.15 Å². The molecule has 0 N–H and O–H groups in total.